The van der Waals surface area contributed by atoms with E-state index in [1.54, 1.807) is 0 Å². The highest BCUT2D eigenvalue weighted by Gasteiger charge is 2.25. The van der Waals surface area contributed by atoms with E-state index in [4.69, 9.17) is 10.5 Å². The summed E-state index contributed by atoms with van der Waals surface area (Å²) in [5, 5.41) is 10.8. The number of nitrogen functional groups attached to an aromatic ring is 1. The highest BCUT2D eigenvalue weighted by Crippen LogP contribution is 2.25. The third-order valence-electron chi connectivity index (χ3n) is 2.29. The Morgan fingerprint density at radius 2 is 2.16 bits per heavy atom. The summed E-state index contributed by atoms with van der Waals surface area (Å²) in [6.45, 7) is 0.518. The summed E-state index contributed by atoms with van der Waals surface area (Å²) in [6, 6.07) is 3.41. The number of sulfonamides is 1. The molecule has 0 aliphatic heterocycles. The standard InChI is InChI=1S/C10H15N3O5S/c1-18-6-2-5-12-19(16,17)10-7-8(11)3-4-9(10)13(14)15/h3-4,7,12H,2,5-6,11H2,1H3. The molecule has 0 spiro atoms. The topological polar surface area (TPSA) is 125 Å². The van der Waals surface area contributed by atoms with E-state index in [1.165, 1.54) is 13.2 Å². The van der Waals surface area contributed by atoms with Crippen LogP contribution in [0.5, 0.6) is 0 Å². The lowest BCUT2D eigenvalue weighted by Gasteiger charge is -2.07. The van der Waals surface area contributed by atoms with Crippen molar-refractivity contribution in [2.45, 2.75) is 11.3 Å². The van der Waals surface area contributed by atoms with Gasteiger partial charge in [0.15, 0.2) is 4.90 Å². The summed E-state index contributed by atoms with van der Waals surface area (Å²) < 4.78 is 31.0. The maximum absolute atomic E-state index is 12.0. The number of hydrogen-bond acceptors (Lipinski definition) is 6. The number of ether oxygens (including phenoxy) is 1. The molecule has 0 aliphatic rings. The second-order valence-corrected chi connectivity index (χ2v) is 5.46. The number of hydrogen-bond donors (Lipinski definition) is 2. The number of rotatable bonds is 7. The fourth-order valence-corrected chi connectivity index (χ4v) is 2.68. The Morgan fingerprint density at radius 1 is 1.47 bits per heavy atom. The van der Waals surface area contributed by atoms with Crippen molar-refractivity contribution >= 4 is 21.4 Å². The molecule has 0 unspecified atom stereocenters. The van der Waals surface area contributed by atoms with Gasteiger partial charge in [0.25, 0.3) is 5.69 Å². The highest BCUT2D eigenvalue weighted by molar-refractivity contribution is 7.89. The van der Waals surface area contributed by atoms with Gasteiger partial charge in [-0.25, -0.2) is 13.1 Å². The Hall–Kier alpha value is -1.71. The molecule has 3 N–H and O–H groups in total. The van der Waals surface area contributed by atoms with Crippen molar-refractivity contribution in [2.75, 3.05) is 26.0 Å². The molecule has 0 fully saturated rings. The number of benzene rings is 1. The fourth-order valence-electron chi connectivity index (χ4n) is 1.40. The highest BCUT2D eigenvalue weighted by atomic mass is 32.2. The molecule has 19 heavy (non-hydrogen) atoms. The fraction of sp³-hybridized carbons (Fsp3) is 0.400. The Morgan fingerprint density at radius 3 is 2.74 bits per heavy atom. The molecule has 0 radical (unpaired) electrons. The lowest BCUT2D eigenvalue weighted by Crippen LogP contribution is -2.26. The first-order valence-corrected chi connectivity index (χ1v) is 6.89. The van der Waals surface area contributed by atoms with E-state index in [0.29, 0.717) is 13.0 Å². The normalized spacial score (nSPS) is 11.4. The van der Waals surface area contributed by atoms with Gasteiger partial charge in [-0.3, -0.25) is 10.1 Å². The van der Waals surface area contributed by atoms with Crippen LogP contribution in [0.25, 0.3) is 0 Å². The number of nitro groups is 1. The van der Waals surface area contributed by atoms with Crippen LogP contribution in [0, 0.1) is 10.1 Å². The maximum atomic E-state index is 12.0. The van der Waals surface area contributed by atoms with E-state index in [9.17, 15) is 18.5 Å². The number of methoxy groups -OCH3 is 1. The van der Waals surface area contributed by atoms with Crippen LogP contribution in [0.2, 0.25) is 0 Å². The summed E-state index contributed by atoms with van der Waals surface area (Å²) >= 11 is 0. The molecule has 106 valence electrons. The molecule has 8 nitrogen and oxygen atoms in total. The first-order valence-electron chi connectivity index (χ1n) is 5.41. The molecule has 0 saturated heterocycles. The van der Waals surface area contributed by atoms with Crippen LogP contribution in [-0.2, 0) is 14.8 Å². The Labute approximate surface area is 110 Å². The molecular formula is C10H15N3O5S. The minimum absolute atomic E-state index is 0.127. The van der Waals surface area contributed by atoms with Crippen molar-refractivity contribution in [2.24, 2.45) is 0 Å². The van der Waals surface area contributed by atoms with E-state index >= 15 is 0 Å². The zero-order valence-corrected chi connectivity index (χ0v) is 11.1. The minimum Gasteiger partial charge on any atom is -0.399 e. The average molecular weight is 289 g/mol. The van der Waals surface area contributed by atoms with Gasteiger partial charge in [0.1, 0.15) is 0 Å². The molecular weight excluding hydrogens is 274 g/mol. The summed E-state index contributed by atoms with van der Waals surface area (Å²) in [7, 11) is -2.47. The molecule has 1 aromatic carbocycles. The smallest absolute Gasteiger partial charge is 0.289 e. The van der Waals surface area contributed by atoms with Crippen molar-refractivity contribution in [1.29, 1.82) is 0 Å². The monoisotopic (exact) mass is 289 g/mol. The SMILES string of the molecule is COCCCNS(=O)(=O)c1cc(N)ccc1[N+](=O)[O-]. The quantitative estimate of drug-likeness (QED) is 0.326. The van der Waals surface area contributed by atoms with E-state index in [1.807, 2.05) is 0 Å². The summed E-state index contributed by atoms with van der Waals surface area (Å²) in [6.07, 6.45) is 0.464. The Balaban J connectivity index is 3.00. The Kier molecular flexibility index (Phi) is 5.21. The number of anilines is 1. The lowest BCUT2D eigenvalue weighted by atomic mass is 10.3. The molecule has 0 saturated carbocycles. The summed E-state index contributed by atoms with van der Waals surface area (Å²) in [4.78, 5) is 9.61. The Bertz CT molecular complexity index is 558. The van der Waals surface area contributed by atoms with E-state index in [0.717, 1.165) is 12.1 Å². The van der Waals surface area contributed by atoms with Gasteiger partial charge in [-0.15, -0.1) is 0 Å². The lowest BCUT2D eigenvalue weighted by molar-refractivity contribution is -0.387. The molecule has 0 atom stereocenters. The second kappa shape index (κ2) is 6.45. The second-order valence-electron chi connectivity index (χ2n) is 3.73. The summed E-state index contributed by atoms with van der Waals surface area (Å²) in [5.74, 6) is 0. The van der Waals surface area contributed by atoms with Crippen LogP contribution in [-0.4, -0.2) is 33.6 Å². The van der Waals surface area contributed by atoms with Crippen molar-refractivity contribution in [3.63, 3.8) is 0 Å². The van der Waals surface area contributed by atoms with Crippen LogP contribution in [0.15, 0.2) is 23.1 Å². The van der Waals surface area contributed by atoms with Crippen LogP contribution >= 0.6 is 0 Å². The summed E-state index contributed by atoms with van der Waals surface area (Å²) in [5.41, 5.74) is 5.10. The van der Waals surface area contributed by atoms with Gasteiger partial charge >= 0.3 is 0 Å². The minimum atomic E-state index is -3.97. The first kappa shape index (κ1) is 15.3. The zero-order valence-electron chi connectivity index (χ0n) is 10.3. The van der Waals surface area contributed by atoms with Gasteiger partial charge in [0, 0.05) is 32.0 Å². The van der Waals surface area contributed by atoms with E-state index < -0.39 is 25.5 Å². The van der Waals surface area contributed by atoms with Gasteiger partial charge in [-0.2, -0.15) is 0 Å². The van der Waals surface area contributed by atoms with Crippen molar-refractivity contribution < 1.29 is 18.1 Å². The van der Waals surface area contributed by atoms with E-state index in [2.05, 4.69) is 4.72 Å². The number of nitrogens with two attached hydrogens (primary N) is 1. The van der Waals surface area contributed by atoms with Gasteiger partial charge in [0.2, 0.25) is 10.0 Å². The third-order valence-corrected chi connectivity index (χ3v) is 3.78. The molecule has 0 bridgehead atoms. The van der Waals surface area contributed by atoms with Gasteiger partial charge in [0.05, 0.1) is 4.92 Å². The predicted molar refractivity (Wildman–Crippen MR) is 69.2 cm³/mol. The van der Waals surface area contributed by atoms with E-state index in [-0.39, 0.29) is 12.2 Å². The first-order chi connectivity index (χ1) is 8.88. The number of nitrogens with zero attached hydrogens (tertiary/aromatic N) is 1. The van der Waals surface area contributed by atoms with Crippen LogP contribution in [0.3, 0.4) is 0 Å². The molecule has 1 rings (SSSR count). The van der Waals surface area contributed by atoms with Crippen molar-refractivity contribution in [3.8, 4) is 0 Å². The largest absolute Gasteiger partial charge is 0.399 e. The molecule has 0 aromatic heterocycles. The van der Waals surface area contributed by atoms with Gasteiger partial charge < -0.3 is 10.5 Å². The molecule has 9 heteroatoms. The van der Waals surface area contributed by atoms with Crippen LogP contribution in [0.1, 0.15) is 6.42 Å². The zero-order chi connectivity index (χ0) is 14.5. The van der Waals surface area contributed by atoms with Crippen LogP contribution < -0.4 is 10.5 Å². The van der Waals surface area contributed by atoms with Gasteiger partial charge in [-0.1, -0.05) is 0 Å². The van der Waals surface area contributed by atoms with Crippen molar-refractivity contribution in [3.05, 3.63) is 28.3 Å². The van der Waals surface area contributed by atoms with Crippen molar-refractivity contribution in [1.82, 2.24) is 4.72 Å². The molecule has 0 amide bonds. The average Bonchev–Trinajstić information content (AvgIpc) is 2.34. The van der Waals surface area contributed by atoms with Gasteiger partial charge in [-0.05, 0) is 18.6 Å². The third kappa shape index (κ3) is 4.16. The predicted octanol–water partition coefficient (Wildman–Crippen LogP) is 0.492. The maximum Gasteiger partial charge on any atom is 0.289 e. The number of nitrogens with one attached hydrogen (secondary N) is 1. The number of nitro benzene ring substituents is 1. The molecule has 1 aromatic rings. The molecule has 0 heterocycles. The van der Waals surface area contributed by atoms with Crippen LogP contribution in [0.4, 0.5) is 11.4 Å². The molecule has 0 aliphatic carbocycles.